The zero-order valence-electron chi connectivity index (χ0n) is 15.4. The van der Waals surface area contributed by atoms with Gasteiger partial charge < -0.3 is 10.6 Å². The highest BCUT2D eigenvalue weighted by atomic mass is 15.2. The molecule has 0 aliphatic carbocycles. The summed E-state index contributed by atoms with van der Waals surface area (Å²) >= 11 is 0. The highest BCUT2D eigenvalue weighted by Crippen LogP contribution is 2.29. The minimum absolute atomic E-state index is 0.226. The maximum atomic E-state index is 6.10. The number of piperidine rings is 1. The number of H-pyrrole nitrogens is 1. The molecule has 28 heavy (non-hydrogen) atoms. The fourth-order valence-corrected chi connectivity index (χ4v) is 3.74. The molecule has 5 rings (SSSR count). The SMILES string of the molecule is N[C@H]1CCCN(c2ccc(-c3n[nH]c4cnc(-c5cccnc5)cc34)cn2)C1. The lowest BCUT2D eigenvalue weighted by molar-refractivity contribution is 0.503. The first-order valence-corrected chi connectivity index (χ1v) is 9.49. The Morgan fingerprint density at radius 3 is 2.82 bits per heavy atom. The summed E-state index contributed by atoms with van der Waals surface area (Å²) in [6, 6.07) is 10.3. The molecule has 0 spiro atoms. The highest BCUT2D eigenvalue weighted by Gasteiger charge is 2.18. The largest absolute Gasteiger partial charge is 0.355 e. The van der Waals surface area contributed by atoms with E-state index in [1.54, 1.807) is 6.20 Å². The van der Waals surface area contributed by atoms with E-state index in [-0.39, 0.29) is 6.04 Å². The number of hydrogen-bond donors (Lipinski definition) is 2. The van der Waals surface area contributed by atoms with Crippen molar-refractivity contribution in [2.45, 2.75) is 18.9 Å². The van der Waals surface area contributed by atoms with Crippen molar-refractivity contribution in [2.75, 3.05) is 18.0 Å². The topological polar surface area (TPSA) is 96.6 Å². The number of fused-ring (bicyclic) bond motifs is 1. The smallest absolute Gasteiger partial charge is 0.128 e. The van der Waals surface area contributed by atoms with Gasteiger partial charge in [0.1, 0.15) is 11.5 Å². The summed E-state index contributed by atoms with van der Waals surface area (Å²) in [6.07, 6.45) is 9.46. The van der Waals surface area contributed by atoms with Crippen molar-refractivity contribution in [2.24, 2.45) is 5.73 Å². The van der Waals surface area contributed by atoms with Gasteiger partial charge in [0, 0.05) is 54.2 Å². The van der Waals surface area contributed by atoms with Crippen molar-refractivity contribution < 1.29 is 0 Å². The molecule has 0 unspecified atom stereocenters. The van der Waals surface area contributed by atoms with E-state index >= 15 is 0 Å². The van der Waals surface area contributed by atoms with Crippen LogP contribution in [-0.4, -0.2) is 44.3 Å². The minimum atomic E-state index is 0.226. The quantitative estimate of drug-likeness (QED) is 0.575. The third-order valence-electron chi connectivity index (χ3n) is 5.21. The molecule has 0 saturated carbocycles. The molecule has 7 nitrogen and oxygen atoms in total. The molecule has 5 heterocycles. The van der Waals surface area contributed by atoms with Gasteiger partial charge in [0.05, 0.1) is 17.4 Å². The van der Waals surface area contributed by atoms with Gasteiger partial charge in [0.2, 0.25) is 0 Å². The molecule has 1 fully saturated rings. The highest BCUT2D eigenvalue weighted by molar-refractivity contribution is 5.94. The van der Waals surface area contributed by atoms with Crippen LogP contribution in [-0.2, 0) is 0 Å². The first kappa shape index (κ1) is 16.8. The number of aromatic nitrogens is 5. The maximum Gasteiger partial charge on any atom is 0.128 e. The molecule has 1 aliphatic heterocycles. The van der Waals surface area contributed by atoms with Crippen LogP contribution in [0.25, 0.3) is 33.4 Å². The van der Waals surface area contributed by atoms with Gasteiger partial charge in [-0.1, -0.05) is 0 Å². The third kappa shape index (κ3) is 3.10. The number of rotatable bonds is 3. The van der Waals surface area contributed by atoms with E-state index in [1.807, 2.05) is 36.8 Å². The molecule has 1 atom stereocenters. The Bertz CT molecular complexity index is 1090. The summed E-state index contributed by atoms with van der Waals surface area (Å²) in [5.41, 5.74) is 10.7. The van der Waals surface area contributed by atoms with Crippen LogP contribution in [0, 0.1) is 0 Å². The van der Waals surface area contributed by atoms with E-state index in [1.165, 1.54) is 0 Å². The third-order valence-corrected chi connectivity index (χ3v) is 5.21. The van der Waals surface area contributed by atoms with Gasteiger partial charge in [0.15, 0.2) is 0 Å². The Labute approximate surface area is 162 Å². The Kier molecular flexibility index (Phi) is 4.21. The fourth-order valence-electron chi connectivity index (χ4n) is 3.74. The van der Waals surface area contributed by atoms with Crippen molar-refractivity contribution >= 4 is 16.7 Å². The van der Waals surface area contributed by atoms with Crippen molar-refractivity contribution in [1.29, 1.82) is 0 Å². The van der Waals surface area contributed by atoms with E-state index in [4.69, 9.17) is 5.73 Å². The number of hydrogen-bond acceptors (Lipinski definition) is 6. The maximum absolute atomic E-state index is 6.10. The average Bonchev–Trinajstić information content (AvgIpc) is 3.18. The number of nitrogens with two attached hydrogens (primary N) is 1. The van der Waals surface area contributed by atoms with E-state index in [0.717, 1.165) is 65.2 Å². The van der Waals surface area contributed by atoms with Gasteiger partial charge in [-0.15, -0.1) is 0 Å². The zero-order valence-corrected chi connectivity index (χ0v) is 15.4. The second kappa shape index (κ2) is 7.01. The van der Waals surface area contributed by atoms with Crippen LogP contribution >= 0.6 is 0 Å². The summed E-state index contributed by atoms with van der Waals surface area (Å²) in [6.45, 7) is 1.86. The molecule has 0 radical (unpaired) electrons. The first-order chi connectivity index (χ1) is 13.8. The van der Waals surface area contributed by atoms with Crippen molar-refractivity contribution in [3.05, 3.63) is 55.1 Å². The molecule has 0 aromatic carbocycles. The molecular formula is C21H21N7. The fraction of sp³-hybridized carbons (Fsp3) is 0.238. The second-order valence-corrected chi connectivity index (χ2v) is 7.18. The van der Waals surface area contributed by atoms with E-state index in [9.17, 15) is 0 Å². The minimum Gasteiger partial charge on any atom is -0.355 e. The van der Waals surface area contributed by atoms with Crippen LogP contribution in [0.1, 0.15) is 12.8 Å². The van der Waals surface area contributed by atoms with Crippen LogP contribution < -0.4 is 10.6 Å². The Morgan fingerprint density at radius 2 is 2.04 bits per heavy atom. The standard InChI is InChI=1S/C21H21N7/c22-16-4-2-8-28(13-16)20-6-5-15(11-25-20)21-17-9-18(14-3-1-7-23-10-14)24-12-19(17)26-27-21/h1,3,5-7,9-12,16H,2,4,8,13,22H2,(H,26,27)/t16-/m0/s1. The molecule has 0 amide bonds. The summed E-state index contributed by atoms with van der Waals surface area (Å²) < 4.78 is 0. The Balaban J connectivity index is 1.49. The van der Waals surface area contributed by atoms with Crippen molar-refractivity contribution in [3.8, 4) is 22.5 Å². The Hall–Kier alpha value is -3.32. The molecule has 7 heteroatoms. The monoisotopic (exact) mass is 371 g/mol. The van der Waals surface area contributed by atoms with Gasteiger partial charge in [-0.3, -0.25) is 15.1 Å². The normalized spacial score (nSPS) is 17.2. The summed E-state index contributed by atoms with van der Waals surface area (Å²) in [4.78, 5) is 15.6. The van der Waals surface area contributed by atoms with Gasteiger partial charge in [-0.25, -0.2) is 4.98 Å². The summed E-state index contributed by atoms with van der Waals surface area (Å²) in [5, 5.41) is 8.58. The molecular weight excluding hydrogens is 350 g/mol. The van der Waals surface area contributed by atoms with Gasteiger partial charge in [-0.2, -0.15) is 5.10 Å². The van der Waals surface area contributed by atoms with E-state index < -0.39 is 0 Å². The van der Waals surface area contributed by atoms with Crippen LogP contribution in [0.4, 0.5) is 5.82 Å². The summed E-state index contributed by atoms with van der Waals surface area (Å²) in [5.74, 6) is 0.969. The molecule has 3 N–H and O–H groups in total. The number of pyridine rings is 3. The van der Waals surface area contributed by atoms with Crippen LogP contribution in [0.3, 0.4) is 0 Å². The van der Waals surface area contributed by atoms with Crippen molar-refractivity contribution in [3.63, 3.8) is 0 Å². The molecule has 4 aromatic rings. The lowest BCUT2D eigenvalue weighted by Gasteiger charge is -2.31. The number of anilines is 1. The number of nitrogens with one attached hydrogen (secondary N) is 1. The zero-order chi connectivity index (χ0) is 18.9. The van der Waals surface area contributed by atoms with E-state index in [2.05, 4.69) is 42.2 Å². The molecule has 1 aliphatic rings. The number of nitrogens with zero attached hydrogens (tertiary/aromatic N) is 5. The lowest BCUT2D eigenvalue weighted by atomic mass is 10.1. The molecule has 0 bridgehead atoms. The van der Waals surface area contributed by atoms with Gasteiger partial charge in [-0.05, 0) is 43.2 Å². The number of aromatic amines is 1. The van der Waals surface area contributed by atoms with Crippen LogP contribution in [0.2, 0.25) is 0 Å². The van der Waals surface area contributed by atoms with Crippen LogP contribution in [0.5, 0.6) is 0 Å². The van der Waals surface area contributed by atoms with Crippen LogP contribution in [0.15, 0.2) is 55.1 Å². The lowest BCUT2D eigenvalue weighted by Crippen LogP contribution is -2.43. The summed E-state index contributed by atoms with van der Waals surface area (Å²) in [7, 11) is 0. The van der Waals surface area contributed by atoms with Gasteiger partial charge in [0.25, 0.3) is 0 Å². The molecule has 4 aromatic heterocycles. The van der Waals surface area contributed by atoms with Crippen molar-refractivity contribution in [1.82, 2.24) is 25.1 Å². The first-order valence-electron chi connectivity index (χ1n) is 9.49. The molecule has 1 saturated heterocycles. The van der Waals surface area contributed by atoms with E-state index in [0.29, 0.717) is 0 Å². The predicted octanol–water partition coefficient (Wildman–Crippen LogP) is 3.01. The Morgan fingerprint density at radius 1 is 1.07 bits per heavy atom. The second-order valence-electron chi connectivity index (χ2n) is 7.18. The average molecular weight is 371 g/mol. The van der Waals surface area contributed by atoms with Gasteiger partial charge >= 0.3 is 0 Å². The predicted molar refractivity (Wildman–Crippen MR) is 110 cm³/mol. The molecule has 140 valence electrons.